The third-order valence-corrected chi connectivity index (χ3v) is 2.31. The molecular formula is C11H16O2. The van der Waals surface area contributed by atoms with Crippen molar-refractivity contribution in [1.29, 1.82) is 0 Å². The first-order valence-corrected chi connectivity index (χ1v) is 4.61. The number of rotatable bonds is 4. The van der Waals surface area contributed by atoms with Gasteiger partial charge in [-0.25, -0.2) is 4.89 Å². The molecule has 0 aliphatic heterocycles. The summed E-state index contributed by atoms with van der Waals surface area (Å²) in [5.74, 6) is 0. The van der Waals surface area contributed by atoms with Gasteiger partial charge in [-0.05, 0) is 18.9 Å². The Labute approximate surface area is 79.1 Å². The van der Waals surface area contributed by atoms with E-state index in [1.165, 1.54) is 0 Å². The highest BCUT2D eigenvalue weighted by atomic mass is 17.1. The summed E-state index contributed by atoms with van der Waals surface area (Å²) in [4.78, 5) is 4.56. The molecule has 2 heteroatoms. The van der Waals surface area contributed by atoms with Crippen LogP contribution in [0.15, 0.2) is 30.3 Å². The lowest BCUT2D eigenvalue weighted by atomic mass is 9.91. The van der Waals surface area contributed by atoms with Crippen molar-refractivity contribution >= 4 is 0 Å². The Morgan fingerprint density at radius 1 is 1.31 bits per heavy atom. The van der Waals surface area contributed by atoms with E-state index >= 15 is 0 Å². The molecule has 1 unspecified atom stereocenters. The fraction of sp³-hybridized carbons (Fsp3) is 0.455. The molecule has 0 saturated carbocycles. The quantitative estimate of drug-likeness (QED) is 0.569. The zero-order valence-corrected chi connectivity index (χ0v) is 8.16. The van der Waals surface area contributed by atoms with Crippen LogP contribution in [0, 0.1) is 0 Å². The Bertz CT molecular complexity index is 246. The average molecular weight is 180 g/mol. The Hall–Kier alpha value is -0.860. The number of benzene rings is 1. The van der Waals surface area contributed by atoms with E-state index in [-0.39, 0.29) is 0 Å². The highest BCUT2D eigenvalue weighted by molar-refractivity contribution is 5.21. The third-order valence-electron chi connectivity index (χ3n) is 2.31. The minimum atomic E-state index is -0.560. The van der Waals surface area contributed by atoms with Crippen LogP contribution in [0.25, 0.3) is 0 Å². The summed E-state index contributed by atoms with van der Waals surface area (Å²) in [6.45, 7) is 3.96. The number of hydrogen-bond acceptors (Lipinski definition) is 2. The molecule has 0 heterocycles. The Kier molecular flexibility index (Phi) is 3.46. The van der Waals surface area contributed by atoms with Crippen LogP contribution >= 0.6 is 0 Å². The molecule has 0 aliphatic rings. The highest BCUT2D eigenvalue weighted by Gasteiger charge is 2.26. The van der Waals surface area contributed by atoms with Crippen LogP contribution < -0.4 is 0 Å². The van der Waals surface area contributed by atoms with Crippen molar-refractivity contribution in [2.75, 3.05) is 0 Å². The molecule has 0 bridgehead atoms. The van der Waals surface area contributed by atoms with E-state index in [0.717, 1.165) is 18.4 Å². The van der Waals surface area contributed by atoms with Crippen LogP contribution in [0.1, 0.15) is 32.3 Å². The maximum atomic E-state index is 8.87. The zero-order chi connectivity index (χ0) is 9.73. The van der Waals surface area contributed by atoms with Crippen molar-refractivity contribution in [2.24, 2.45) is 0 Å². The van der Waals surface area contributed by atoms with Crippen LogP contribution in [0.4, 0.5) is 0 Å². The lowest BCUT2D eigenvalue weighted by Crippen LogP contribution is -2.24. The van der Waals surface area contributed by atoms with Crippen molar-refractivity contribution in [1.82, 2.24) is 0 Å². The third kappa shape index (κ3) is 2.29. The molecule has 0 amide bonds. The molecule has 0 aromatic heterocycles. The van der Waals surface area contributed by atoms with E-state index in [0.29, 0.717) is 0 Å². The maximum Gasteiger partial charge on any atom is 0.125 e. The fourth-order valence-electron chi connectivity index (χ4n) is 1.51. The minimum absolute atomic E-state index is 0.560. The molecule has 0 aliphatic carbocycles. The van der Waals surface area contributed by atoms with Crippen LogP contribution in [0.2, 0.25) is 0 Å². The van der Waals surface area contributed by atoms with Crippen molar-refractivity contribution in [3.05, 3.63) is 35.9 Å². The second kappa shape index (κ2) is 4.40. The molecule has 0 saturated heterocycles. The largest absolute Gasteiger partial charge is 0.251 e. The van der Waals surface area contributed by atoms with E-state index in [4.69, 9.17) is 5.26 Å². The molecule has 1 atom stereocenters. The topological polar surface area (TPSA) is 29.5 Å². The van der Waals surface area contributed by atoms with E-state index in [2.05, 4.69) is 11.8 Å². The highest BCUT2D eigenvalue weighted by Crippen LogP contribution is 2.28. The van der Waals surface area contributed by atoms with Gasteiger partial charge < -0.3 is 0 Å². The summed E-state index contributed by atoms with van der Waals surface area (Å²) >= 11 is 0. The zero-order valence-electron chi connectivity index (χ0n) is 8.16. The lowest BCUT2D eigenvalue weighted by molar-refractivity contribution is -0.326. The molecule has 1 aromatic carbocycles. The molecule has 1 aromatic rings. The van der Waals surface area contributed by atoms with Gasteiger partial charge >= 0.3 is 0 Å². The summed E-state index contributed by atoms with van der Waals surface area (Å²) in [7, 11) is 0. The predicted molar refractivity (Wildman–Crippen MR) is 52.4 cm³/mol. The van der Waals surface area contributed by atoms with Gasteiger partial charge in [-0.15, -0.1) is 0 Å². The van der Waals surface area contributed by atoms with Gasteiger partial charge in [0.2, 0.25) is 0 Å². The fourth-order valence-corrected chi connectivity index (χ4v) is 1.51. The van der Waals surface area contributed by atoms with Crippen molar-refractivity contribution in [2.45, 2.75) is 32.3 Å². The van der Waals surface area contributed by atoms with E-state index in [9.17, 15) is 0 Å². The number of hydrogen-bond donors (Lipinski definition) is 1. The molecule has 2 nitrogen and oxygen atoms in total. The summed E-state index contributed by atoms with van der Waals surface area (Å²) in [6, 6.07) is 9.77. The molecule has 72 valence electrons. The first-order chi connectivity index (χ1) is 6.23. The first-order valence-electron chi connectivity index (χ1n) is 4.61. The monoisotopic (exact) mass is 180 g/mol. The van der Waals surface area contributed by atoms with Gasteiger partial charge in [0.1, 0.15) is 5.60 Å². The van der Waals surface area contributed by atoms with Gasteiger partial charge in [0.25, 0.3) is 0 Å². The summed E-state index contributed by atoms with van der Waals surface area (Å²) in [5, 5.41) is 8.87. The van der Waals surface area contributed by atoms with Gasteiger partial charge in [0.15, 0.2) is 0 Å². The molecule has 1 rings (SSSR count). The van der Waals surface area contributed by atoms with Crippen LogP contribution in [0.3, 0.4) is 0 Å². The smallest absolute Gasteiger partial charge is 0.125 e. The lowest BCUT2D eigenvalue weighted by Gasteiger charge is -2.25. The summed E-state index contributed by atoms with van der Waals surface area (Å²) in [6.07, 6.45) is 1.79. The maximum absolute atomic E-state index is 8.87. The standard InChI is InChI=1S/C11H16O2/c1-3-9-11(2,13-12)10-7-5-4-6-8-10/h4-8,12H,3,9H2,1-2H3. The van der Waals surface area contributed by atoms with Crippen molar-refractivity contribution in [3.63, 3.8) is 0 Å². The Morgan fingerprint density at radius 3 is 2.38 bits per heavy atom. The minimum Gasteiger partial charge on any atom is -0.251 e. The summed E-state index contributed by atoms with van der Waals surface area (Å²) in [5.41, 5.74) is 0.454. The van der Waals surface area contributed by atoms with Crippen LogP contribution in [0.5, 0.6) is 0 Å². The van der Waals surface area contributed by atoms with E-state index in [1.807, 2.05) is 37.3 Å². The summed E-state index contributed by atoms with van der Waals surface area (Å²) < 4.78 is 0. The molecule has 0 spiro atoms. The van der Waals surface area contributed by atoms with Gasteiger partial charge in [-0.1, -0.05) is 43.7 Å². The second-order valence-electron chi connectivity index (χ2n) is 3.44. The molecule has 13 heavy (non-hydrogen) atoms. The van der Waals surface area contributed by atoms with E-state index in [1.54, 1.807) is 0 Å². The normalized spacial score (nSPS) is 15.3. The second-order valence-corrected chi connectivity index (χ2v) is 3.44. The van der Waals surface area contributed by atoms with Gasteiger partial charge in [0, 0.05) is 0 Å². The van der Waals surface area contributed by atoms with Crippen LogP contribution in [-0.2, 0) is 10.5 Å². The van der Waals surface area contributed by atoms with Gasteiger partial charge in [-0.3, -0.25) is 5.26 Å². The Morgan fingerprint density at radius 2 is 1.92 bits per heavy atom. The molecule has 1 N–H and O–H groups in total. The SMILES string of the molecule is CCCC(C)(OO)c1ccccc1. The Balaban J connectivity index is 2.89. The average Bonchev–Trinajstić information content (AvgIpc) is 2.19. The van der Waals surface area contributed by atoms with Gasteiger partial charge in [0.05, 0.1) is 0 Å². The molecular weight excluding hydrogens is 164 g/mol. The van der Waals surface area contributed by atoms with E-state index < -0.39 is 5.60 Å². The predicted octanol–water partition coefficient (Wildman–Crippen LogP) is 3.19. The van der Waals surface area contributed by atoms with Crippen molar-refractivity contribution < 1.29 is 10.1 Å². The first kappa shape index (κ1) is 10.2. The van der Waals surface area contributed by atoms with Crippen LogP contribution in [-0.4, -0.2) is 5.26 Å². The molecule has 0 fully saturated rings. The van der Waals surface area contributed by atoms with Gasteiger partial charge in [-0.2, -0.15) is 0 Å². The van der Waals surface area contributed by atoms with Crippen molar-refractivity contribution in [3.8, 4) is 0 Å². The molecule has 0 radical (unpaired) electrons.